The van der Waals surface area contributed by atoms with Crippen molar-refractivity contribution < 1.29 is 9.59 Å². The number of benzene rings is 1. The monoisotopic (exact) mass is 287 g/mol. The second kappa shape index (κ2) is 4.19. The summed E-state index contributed by atoms with van der Waals surface area (Å²) in [6.07, 6.45) is 6.29. The fourth-order valence-corrected chi connectivity index (χ4v) is 4.13. The highest BCUT2D eigenvalue weighted by molar-refractivity contribution is 6.31. The van der Waals surface area contributed by atoms with Gasteiger partial charge in [-0.3, -0.25) is 9.59 Å². The van der Waals surface area contributed by atoms with E-state index < -0.39 is 0 Å². The number of carbonyl (C=O) groups is 2. The molecule has 0 aromatic heterocycles. The average molecular weight is 288 g/mol. The highest BCUT2D eigenvalue weighted by Crippen LogP contribution is 2.50. The molecule has 0 unspecified atom stereocenters. The van der Waals surface area contributed by atoms with Gasteiger partial charge in [-0.2, -0.15) is 0 Å². The molecule has 20 heavy (non-hydrogen) atoms. The highest BCUT2D eigenvalue weighted by atomic mass is 35.5. The van der Waals surface area contributed by atoms with E-state index in [-0.39, 0.29) is 35.5 Å². The Morgan fingerprint density at radius 1 is 1.00 bits per heavy atom. The molecule has 4 aliphatic rings. The van der Waals surface area contributed by atoms with E-state index in [1.807, 2.05) is 0 Å². The minimum absolute atomic E-state index is 0.0543. The van der Waals surface area contributed by atoms with Crippen molar-refractivity contribution in [2.24, 2.45) is 23.7 Å². The molecule has 4 heteroatoms. The molecule has 1 saturated carbocycles. The van der Waals surface area contributed by atoms with Crippen LogP contribution in [0.2, 0.25) is 5.02 Å². The van der Waals surface area contributed by atoms with E-state index in [1.165, 1.54) is 4.90 Å². The summed E-state index contributed by atoms with van der Waals surface area (Å²) in [6.45, 7) is 0. The fraction of sp³-hybridized carbons (Fsp3) is 0.375. The maximum atomic E-state index is 12.7. The molecule has 0 spiro atoms. The lowest BCUT2D eigenvalue weighted by molar-refractivity contribution is -0.124. The summed E-state index contributed by atoms with van der Waals surface area (Å²) in [5, 5.41) is 0.541. The van der Waals surface area contributed by atoms with Gasteiger partial charge in [0.2, 0.25) is 11.8 Å². The van der Waals surface area contributed by atoms with Gasteiger partial charge in [-0.25, -0.2) is 4.90 Å². The standard InChI is InChI=1S/C16H14ClNO2/c17-11-2-1-3-12(8-11)18-15(19)13-9-4-5-10(7-6-9)14(13)16(18)20/h1-5,8-10,13-14H,6-7H2/t9-,10+,13-,14-/m0/s1. The van der Waals surface area contributed by atoms with Crippen LogP contribution in [0.5, 0.6) is 0 Å². The van der Waals surface area contributed by atoms with E-state index in [9.17, 15) is 9.59 Å². The molecule has 1 aromatic rings. The van der Waals surface area contributed by atoms with Crippen LogP contribution >= 0.6 is 11.6 Å². The molecule has 1 aliphatic heterocycles. The number of anilines is 1. The first-order chi connectivity index (χ1) is 9.66. The first kappa shape index (κ1) is 12.2. The molecule has 1 aromatic carbocycles. The second-order valence-corrected chi connectivity index (χ2v) is 6.27. The molecule has 0 radical (unpaired) electrons. The number of allylic oxidation sites excluding steroid dienone is 2. The van der Waals surface area contributed by atoms with E-state index in [1.54, 1.807) is 24.3 Å². The molecule has 2 amide bonds. The van der Waals surface area contributed by atoms with Gasteiger partial charge in [0.15, 0.2) is 0 Å². The minimum Gasteiger partial charge on any atom is -0.274 e. The molecule has 1 saturated heterocycles. The summed E-state index contributed by atoms with van der Waals surface area (Å²) in [5.41, 5.74) is 0.598. The molecule has 2 fully saturated rings. The minimum atomic E-state index is -0.162. The predicted octanol–water partition coefficient (Wildman–Crippen LogP) is 3.04. The Morgan fingerprint density at radius 3 is 2.10 bits per heavy atom. The van der Waals surface area contributed by atoms with E-state index in [2.05, 4.69) is 12.2 Å². The molecular weight excluding hydrogens is 274 g/mol. The summed E-state index contributed by atoms with van der Waals surface area (Å²) in [5.74, 6) is 0.0226. The molecular formula is C16H14ClNO2. The smallest absolute Gasteiger partial charge is 0.238 e. The fourth-order valence-electron chi connectivity index (χ4n) is 3.94. The number of nitrogens with zero attached hydrogens (tertiary/aromatic N) is 1. The molecule has 3 aliphatic carbocycles. The lowest BCUT2D eigenvalue weighted by Gasteiger charge is -2.38. The van der Waals surface area contributed by atoms with Crippen LogP contribution in [0.1, 0.15) is 12.8 Å². The van der Waals surface area contributed by atoms with E-state index in [4.69, 9.17) is 11.6 Å². The quantitative estimate of drug-likeness (QED) is 0.588. The van der Waals surface area contributed by atoms with Gasteiger partial charge in [-0.1, -0.05) is 29.8 Å². The third-order valence-electron chi connectivity index (χ3n) is 4.83. The van der Waals surface area contributed by atoms with E-state index >= 15 is 0 Å². The lowest BCUT2D eigenvalue weighted by Crippen LogP contribution is -2.38. The number of carbonyl (C=O) groups excluding carboxylic acids is 2. The maximum absolute atomic E-state index is 12.7. The number of halogens is 1. The Morgan fingerprint density at radius 2 is 1.60 bits per heavy atom. The first-order valence-corrected chi connectivity index (χ1v) is 7.36. The molecule has 3 nitrogen and oxygen atoms in total. The lowest BCUT2D eigenvalue weighted by atomic mass is 9.63. The van der Waals surface area contributed by atoms with Gasteiger partial charge in [-0.15, -0.1) is 0 Å². The van der Waals surface area contributed by atoms with Crippen LogP contribution in [0.3, 0.4) is 0 Å². The average Bonchev–Trinajstić information content (AvgIpc) is 2.74. The molecule has 0 N–H and O–H groups in total. The third kappa shape index (κ3) is 1.53. The number of fused-ring (bicyclic) bond motifs is 1. The summed E-state index contributed by atoms with van der Waals surface area (Å²) in [7, 11) is 0. The summed E-state index contributed by atoms with van der Waals surface area (Å²) >= 11 is 5.98. The maximum Gasteiger partial charge on any atom is 0.238 e. The van der Waals surface area contributed by atoms with Crippen LogP contribution in [-0.4, -0.2) is 11.8 Å². The Kier molecular flexibility index (Phi) is 2.55. The summed E-state index contributed by atoms with van der Waals surface area (Å²) < 4.78 is 0. The van der Waals surface area contributed by atoms with Crippen LogP contribution in [0, 0.1) is 23.7 Å². The molecule has 5 rings (SSSR count). The Bertz CT molecular complexity index is 607. The summed E-state index contributed by atoms with van der Waals surface area (Å²) in [4.78, 5) is 26.7. The predicted molar refractivity (Wildman–Crippen MR) is 76.3 cm³/mol. The molecule has 4 atom stereocenters. The van der Waals surface area contributed by atoms with Crippen molar-refractivity contribution in [1.82, 2.24) is 0 Å². The number of rotatable bonds is 1. The normalized spacial score (nSPS) is 34.8. The van der Waals surface area contributed by atoms with Crippen molar-refractivity contribution in [2.45, 2.75) is 12.8 Å². The third-order valence-corrected chi connectivity index (χ3v) is 5.06. The van der Waals surface area contributed by atoms with Gasteiger partial charge in [0, 0.05) is 5.02 Å². The SMILES string of the molecule is O=C1[C@@H]2[C@@H](C(=O)N1c1cccc(Cl)c1)[C@H]1C=C[C@@H]2CC1. The van der Waals surface area contributed by atoms with Crippen molar-refractivity contribution in [2.75, 3.05) is 4.90 Å². The highest BCUT2D eigenvalue weighted by Gasteiger charge is 2.56. The van der Waals surface area contributed by atoms with Crippen LogP contribution < -0.4 is 4.90 Å². The van der Waals surface area contributed by atoms with Crippen LogP contribution in [0.4, 0.5) is 5.69 Å². The Balaban J connectivity index is 1.77. The topological polar surface area (TPSA) is 37.4 Å². The largest absolute Gasteiger partial charge is 0.274 e. The van der Waals surface area contributed by atoms with Crippen molar-refractivity contribution in [1.29, 1.82) is 0 Å². The van der Waals surface area contributed by atoms with Crippen molar-refractivity contribution in [3.05, 3.63) is 41.4 Å². The van der Waals surface area contributed by atoms with E-state index in [0.29, 0.717) is 10.7 Å². The molecule has 1 heterocycles. The first-order valence-electron chi connectivity index (χ1n) is 6.98. The molecule has 2 bridgehead atoms. The van der Waals surface area contributed by atoms with Crippen LogP contribution in [0.25, 0.3) is 0 Å². The number of hydrogen-bond donors (Lipinski definition) is 0. The van der Waals surface area contributed by atoms with Crippen LogP contribution in [-0.2, 0) is 9.59 Å². The van der Waals surface area contributed by atoms with Gasteiger partial charge >= 0.3 is 0 Å². The second-order valence-electron chi connectivity index (χ2n) is 5.83. The Hall–Kier alpha value is -1.61. The zero-order valence-corrected chi connectivity index (χ0v) is 11.6. The van der Waals surface area contributed by atoms with Crippen LogP contribution in [0.15, 0.2) is 36.4 Å². The number of imide groups is 1. The van der Waals surface area contributed by atoms with Gasteiger partial charge < -0.3 is 0 Å². The van der Waals surface area contributed by atoms with Gasteiger partial charge in [-0.05, 0) is 42.9 Å². The zero-order chi connectivity index (χ0) is 13.9. The number of amides is 2. The summed E-state index contributed by atoms with van der Waals surface area (Å²) in [6, 6.07) is 6.97. The van der Waals surface area contributed by atoms with Gasteiger partial charge in [0.1, 0.15) is 0 Å². The van der Waals surface area contributed by atoms with E-state index in [0.717, 1.165) is 12.8 Å². The van der Waals surface area contributed by atoms with Gasteiger partial charge in [0.05, 0.1) is 17.5 Å². The van der Waals surface area contributed by atoms with Crippen molar-refractivity contribution in [3.63, 3.8) is 0 Å². The number of hydrogen-bond acceptors (Lipinski definition) is 2. The zero-order valence-electron chi connectivity index (χ0n) is 10.8. The van der Waals surface area contributed by atoms with Crippen molar-refractivity contribution >= 4 is 29.1 Å². The Labute approximate surface area is 122 Å². The van der Waals surface area contributed by atoms with Crippen molar-refractivity contribution in [3.8, 4) is 0 Å². The molecule has 102 valence electrons. The van der Waals surface area contributed by atoms with Gasteiger partial charge in [0.25, 0.3) is 0 Å².